The second kappa shape index (κ2) is 6.80. The molecular weight excluding hydrogens is 363 g/mol. The largest absolute Gasteiger partial charge is 0.333 e. The molecule has 0 saturated carbocycles. The van der Waals surface area contributed by atoms with Crippen molar-refractivity contribution in [2.75, 3.05) is 20.1 Å². The average Bonchev–Trinajstić information content (AvgIpc) is 3.15. The Kier molecular flexibility index (Phi) is 4.77. The lowest BCUT2D eigenvalue weighted by Crippen LogP contribution is -2.41. The van der Waals surface area contributed by atoms with E-state index in [0.29, 0.717) is 15.9 Å². The summed E-state index contributed by atoms with van der Waals surface area (Å²) in [6, 6.07) is 6.20. The van der Waals surface area contributed by atoms with Crippen molar-refractivity contribution in [3.05, 3.63) is 46.4 Å². The van der Waals surface area contributed by atoms with Crippen LogP contribution >= 0.6 is 15.9 Å². The van der Waals surface area contributed by atoms with Crippen LogP contribution in [0.3, 0.4) is 0 Å². The smallest absolute Gasteiger partial charge is 0.275 e. The number of nitrogens with zero attached hydrogens (tertiary/aromatic N) is 3. The number of hydrogen-bond donors (Lipinski definition) is 1. The van der Waals surface area contributed by atoms with Gasteiger partial charge in [-0.15, -0.1) is 0 Å². The Hall–Kier alpha value is -1.73. The van der Waals surface area contributed by atoms with Gasteiger partial charge in [-0.25, -0.2) is 9.07 Å². The van der Waals surface area contributed by atoms with Gasteiger partial charge in [-0.05, 0) is 60.1 Å². The van der Waals surface area contributed by atoms with E-state index in [1.54, 1.807) is 23.0 Å². The molecule has 5 nitrogen and oxygen atoms in total. The normalized spacial score (nSPS) is 17.7. The zero-order chi connectivity index (χ0) is 16.4. The number of benzene rings is 1. The summed E-state index contributed by atoms with van der Waals surface area (Å²) in [5.41, 5.74) is 1.09. The maximum Gasteiger partial charge on any atom is 0.275 e. The van der Waals surface area contributed by atoms with Gasteiger partial charge in [0, 0.05) is 25.3 Å². The molecule has 1 aromatic heterocycles. The van der Waals surface area contributed by atoms with Crippen LogP contribution in [0.4, 0.5) is 4.39 Å². The van der Waals surface area contributed by atoms with Gasteiger partial charge < -0.3 is 10.2 Å². The fraction of sp³-hybridized carbons (Fsp3) is 0.375. The first-order valence-corrected chi connectivity index (χ1v) is 8.36. The van der Waals surface area contributed by atoms with Crippen LogP contribution in [0, 0.1) is 5.82 Å². The number of carbonyl (C=O) groups excluding carboxylic acids is 1. The summed E-state index contributed by atoms with van der Waals surface area (Å²) in [6.45, 7) is 1.53. The Morgan fingerprint density at radius 2 is 2.17 bits per heavy atom. The van der Waals surface area contributed by atoms with Gasteiger partial charge >= 0.3 is 0 Å². The molecule has 1 aliphatic heterocycles. The standard InChI is InChI=1S/C16H18BrFN4O/c1-19-9-13-3-2-8-21(13)16(23)15-14(17)10-22(20-15)12-6-4-11(18)5-7-12/h4-7,10,13,19H,2-3,8-9H2,1H3. The molecule has 7 heteroatoms. The molecule has 1 fully saturated rings. The lowest BCUT2D eigenvalue weighted by molar-refractivity contribution is 0.0729. The fourth-order valence-electron chi connectivity index (χ4n) is 2.91. The molecule has 0 aliphatic carbocycles. The number of aromatic nitrogens is 2. The molecular formula is C16H18BrFN4O. The van der Waals surface area contributed by atoms with E-state index >= 15 is 0 Å². The number of hydrogen-bond acceptors (Lipinski definition) is 3. The third-order valence-electron chi connectivity index (χ3n) is 4.04. The fourth-order valence-corrected chi connectivity index (χ4v) is 3.35. The van der Waals surface area contributed by atoms with E-state index in [-0.39, 0.29) is 17.8 Å². The summed E-state index contributed by atoms with van der Waals surface area (Å²) in [5, 5.41) is 7.51. The molecule has 2 aromatic rings. The quantitative estimate of drug-likeness (QED) is 0.886. The maximum atomic E-state index is 13.0. The van der Waals surface area contributed by atoms with Gasteiger partial charge in [0.1, 0.15) is 5.82 Å². The van der Waals surface area contributed by atoms with E-state index in [1.165, 1.54) is 12.1 Å². The summed E-state index contributed by atoms with van der Waals surface area (Å²) in [4.78, 5) is 14.7. The lowest BCUT2D eigenvalue weighted by Gasteiger charge is -2.23. The molecule has 3 rings (SSSR count). The highest BCUT2D eigenvalue weighted by molar-refractivity contribution is 9.10. The third-order valence-corrected chi connectivity index (χ3v) is 4.62. The Balaban J connectivity index is 1.85. The summed E-state index contributed by atoms with van der Waals surface area (Å²) in [5.74, 6) is -0.376. The molecule has 1 amide bonds. The van der Waals surface area contributed by atoms with Crippen LogP contribution in [0.5, 0.6) is 0 Å². The Labute approximate surface area is 142 Å². The van der Waals surface area contributed by atoms with E-state index in [2.05, 4.69) is 26.3 Å². The van der Waals surface area contributed by atoms with Gasteiger partial charge in [0.25, 0.3) is 5.91 Å². The van der Waals surface area contributed by atoms with Gasteiger partial charge in [0.15, 0.2) is 5.69 Å². The van der Waals surface area contributed by atoms with Gasteiger partial charge in [-0.2, -0.15) is 5.10 Å². The number of nitrogens with one attached hydrogen (secondary N) is 1. The van der Waals surface area contributed by atoms with E-state index in [9.17, 15) is 9.18 Å². The van der Waals surface area contributed by atoms with Crippen molar-refractivity contribution >= 4 is 21.8 Å². The number of likely N-dealkylation sites (tertiary alicyclic amines) is 1. The van der Waals surface area contributed by atoms with Crippen LogP contribution in [0.1, 0.15) is 23.3 Å². The summed E-state index contributed by atoms with van der Waals surface area (Å²) in [7, 11) is 1.89. The molecule has 1 N–H and O–H groups in total. The molecule has 122 valence electrons. The molecule has 1 aromatic carbocycles. The van der Waals surface area contributed by atoms with Crippen LogP contribution in [0.2, 0.25) is 0 Å². The van der Waals surface area contributed by atoms with Crippen molar-refractivity contribution in [1.82, 2.24) is 20.0 Å². The number of rotatable bonds is 4. The molecule has 2 heterocycles. The van der Waals surface area contributed by atoms with Crippen LogP contribution in [-0.4, -0.2) is 46.8 Å². The van der Waals surface area contributed by atoms with Crippen LogP contribution in [0.15, 0.2) is 34.9 Å². The second-order valence-electron chi connectivity index (χ2n) is 5.60. The highest BCUT2D eigenvalue weighted by Crippen LogP contribution is 2.24. The van der Waals surface area contributed by atoms with Gasteiger partial charge in [0.05, 0.1) is 10.2 Å². The molecule has 1 atom stereocenters. The van der Waals surface area contributed by atoms with Crippen LogP contribution in [0.25, 0.3) is 5.69 Å². The Bertz CT molecular complexity index is 701. The van der Waals surface area contributed by atoms with Crippen molar-refractivity contribution in [2.45, 2.75) is 18.9 Å². The minimum absolute atomic E-state index is 0.0736. The van der Waals surface area contributed by atoms with Crippen molar-refractivity contribution < 1.29 is 9.18 Å². The highest BCUT2D eigenvalue weighted by atomic mass is 79.9. The number of halogens is 2. The molecule has 1 unspecified atom stereocenters. The zero-order valence-corrected chi connectivity index (χ0v) is 14.4. The van der Waals surface area contributed by atoms with Gasteiger partial charge in [-0.1, -0.05) is 0 Å². The van der Waals surface area contributed by atoms with Crippen LogP contribution < -0.4 is 5.32 Å². The SMILES string of the molecule is CNCC1CCCN1C(=O)c1nn(-c2ccc(F)cc2)cc1Br. The summed E-state index contributed by atoms with van der Waals surface area (Å²) in [6.07, 6.45) is 3.74. The summed E-state index contributed by atoms with van der Waals surface area (Å²) >= 11 is 3.41. The van der Waals surface area contributed by atoms with Crippen molar-refractivity contribution in [1.29, 1.82) is 0 Å². The predicted molar refractivity (Wildman–Crippen MR) is 89.2 cm³/mol. The molecule has 1 saturated heterocycles. The van der Waals surface area contributed by atoms with Crippen molar-refractivity contribution in [3.8, 4) is 5.69 Å². The first kappa shape index (κ1) is 16.1. The first-order chi connectivity index (χ1) is 11.1. The average molecular weight is 381 g/mol. The van der Waals surface area contributed by atoms with Crippen molar-refractivity contribution in [3.63, 3.8) is 0 Å². The molecule has 0 spiro atoms. The van der Waals surface area contributed by atoms with Gasteiger partial charge in [-0.3, -0.25) is 4.79 Å². The number of amides is 1. The zero-order valence-electron chi connectivity index (χ0n) is 12.8. The molecule has 23 heavy (non-hydrogen) atoms. The summed E-state index contributed by atoms with van der Waals surface area (Å²) < 4.78 is 15.3. The van der Waals surface area contributed by atoms with Gasteiger partial charge in [0.2, 0.25) is 0 Å². The van der Waals surface area contributed by atoms with E-state index in [0.717, 1.165) is 25.9 Å². The number of likely N-dealkylation sites (N-methyl/N-ethyl adjacent to an activating group) is 1. The molecule has 0 radical (unpaired) electrons. The predicted octanol–water partition coefficient (Wildman–Crippen LogP) is 2.60. The van der Waals surface area contributed by atoms with Crippen molar-refractivity contribution in [2.24, 2.45) is 0 Å². The van der Waals surface area contributed by atoms with E-state index in [4.69, 9.17) is 0 Å². The Morgan fingerprint density at radius 3 is 2.87 bits per heavy atom. The first-order valence-electron chi connectivity index (χ1n) is 7.57. The lowest BCUT2D eigenvalue weighted by atomic mass is 10.2. The topological polar surface area (TPSA) is 50.2 Å². The third kappa shape index (κ3) is 3.30. The maximum absolute atomic E-state index is 13.0. The second-order valence-corrected chi connectivity index (χ2v) is 6.45. The van der Waals surface area contributed by atoms with E-state index < -0.39 is 0 Å². The van der Waals surface area contributed by atoms with E-state index in [1.807, 2.05) is 11.9 Å². The number of carbonyl (C=O) groups is 1. The Morgan fingerprint density at radius 1 is 1.43 bits per heavy atom. The molecule has 0 bridgehead atoms. The van der Waals surface area contributed by atoms with Crippen LogP contribution in [-0.2, 0) is 0 Å². The molecule has 1 aliphatic rings. The minimum Gasteiger partial charge on any atom is -0.333 e. The minimum atomic E-state index is -0.303. The monoisotopic (exact) mass is 380 g/mol. The highest BCUT2D eigenvalue weighted by Gasteiger charge is 2.31.